The number of nitrogen functional groups attached to an aromatic ring is 1. The van der Waals surface area contributed by atoms with E-state index in [9.17, 15) is 8.42 Å². The van der Waals surface area contributed by atoms with Crippen LogP contribution in [0.5, 0.6) is 0 Å². The van der Waals surface area contributed by atoms with Crippen molar-refractivity contribution in [2.24, 2.45) is 0 Å². The van der Waals surface area contributed by atoms with E-state index in [1.54, 1.807) is 4.68 Å². The van der Waals surface area contributed by atoms with Gasteiger partial charge in [-0.2, -0.15) is 5.10 Å². The molecule has 0 aliphatic heterocycles. The first-order valence-corrected chi connectivity index (χ1v) is 7.86. The third kappa shape index (κ3) is 2.84. The molecule has 0 spiro atoms. The van der Waals surface area contributed by atoms with Crippen molar-refractivity contribution in [1.82, 2.24) is 14.5 Å². The van der Waals surface area contributed by atoms with Crippen molar-refractivity contribution in [3.8, 4) is 0 Å². The number of aryl methyl sites for hydroxylation is 1. The molecule has 0 unspecified atom stereocenters. The molecule has 1 heterocycles. The van der Waals surface area contributed by atoms with Gasteiger partial charge in [0.15, 0.2) is 5.82 Å². The average Bonchev–Trinajstić information content (AvgIpc) is 2.88. The molecule has 3 N–H and O–H groups in total. The predicted octanol–water partition coefficient (Wildman–Crippen LogP) is 1.10. The van der Waals surface area contributed by atoms with Gasteiger partial charge < -0.3 is 5.73 Å². The molecule has 1 aliphatic carbocycles. The lowest BCUT2D eigenvalue weighted by Crippen LogP contribution is -2.32. The van der Waals surface area contributed by atoms with Gasteiger partial charge in [0.25, 0.3) is 0 Å². The van der Waals surface area contributed by atoms with E-state index in [0.717, 1.165) is 32.1 Å². The zero-order chi connectivity index (χ0) is 13.2. The van der Waals surface area contributed by atoms with Crippen LogP contribution in [0.25, 0.3) is 0 Å². The minimum absolute atomic E-state index is 0.0453. The van der Waals surface area contributed by atoms with Crippen molar-refractivity contribution in [1.29, 1.82) is 0 Å². The van der Waals surface area contributed by atoms with Crippen molar-refractivity contribution in [2.45, 2.75) is 56.5 Å². The summed E-state index contributed by atoms with van der Waals surface area (Å²) < 4.78 is 28.7. The summed E-state index contributed by atoms with van der Waals surface area (Å²) >= 11 is 0. The Morgan fingerprint density at radius 1 is 1.50 bits per heavy atom. The smallest absolute Gasteiger partial charge is 0.246 e. The summed E-state index contributed by atoms with van der Waals surface area (Å²) in [6, 6.07) is 0.0453. The number of hydrogen-bond acceptors (Lipinski definition) is 4. The fraction of sp³-hybridized carbons (Fsp3) is 0.727. The van der Waals surface area contributed by atoms with Crippen molar-refractivity contribution < 1.29 is 8.42 Å². The molecule has 1 aromatic rings. The molecule has 2 rings (SSSR count). The maximum absolute atomic E-state index is 12.2. The molecule has 0 amide bonds. The third-order valence-corrected chi connectivity index (χ3v) is 4.71. The summed E-state index contributed by atoms with van der Waals surface area (Å²) in [5.74, 6) is 0.0777. The van der Waals surface area contributed by atoms with Crippen LogP contribution < -0.4 is 10.5 Å². The molecule has 0 atom stereocenters. The number of nitrogens with zero attached hydrogens (tertiary/aromatic N) is 2. The lowest BCUT2D eigenvalue weighted by Gasteiger charge is -2.11. The second-order valence-electron chi connectivity index (χ2n) is 4.74. The Hall–Kier alpha value is -1.08. The van der Waals surface area contributed by atoms with Crippen molar-refractivity contribution in [2.75, 3.05) is 5.73 Å². The molecular weight excluding hydrogens is 252 g/mol. The molecule has 1 aliphatic rings. The number of sulfonamides is 1. The van der Waals surface area contributed by atoms with Gasteiger partial charge in [-0.1, -0.05) is 19.8 Å². The number of hydrogen-bond donors (Lipinski definition) is 2. The van der Waals surface area contributed by atoms with Gasteiger partial charge in [-0.05, 0) is 19.3 Å². The maximum Gasteiger partial charge on any atom is 0.246 e. The highest BCUT2D eigenvalue weighted by molar-refractivity contribution is 7.89. The molecule has 102 valence electrons. The molecule has 0 radical (unpaired) electrons. The molecule has 1 saturated carbocycles. The molecule has 6 nitrogen and oxygen atoms in total. The highest BCUT2D eigenvalue weighted by atomic mass is 32.2. The minimum atomic E-state index is -3.53. The zero-order valence-electron chi connectivity index (χ0n) is 10.6. The number of aromatic nitrogens is 2. The quantitative estimate of drug-likeness (QED) is 0.839. The van der Waals surface area contributed by atoms with E-state index in [1.807, 2.05) is 6.92 Å². The summed E-state index contributed by atoms with van der Waals surface area (Å²) in [6.45, 7) is 2.67. The minimum Gasteiger partial charge on any atom is -0.381 e. The standard InChI is InChI=1S/C11H20N4O2S/c1-2-7-15-8-10(11(12)13-15)18(16,17)14-9-5-3-4-6-9/h8-9,14H,2-7H2,1H3,(H2,12,13). The Bertz CT molecular complexity index is 503. The summed E-state index contributed by atoms with van der Waals surface area (Å²) in [5.41, 5.74) is 5.68. The van der Waals surface area contributed by atoms with Crippen LogP contribution in [0.4, 0.5) is 5.82 Å². The van der Waals surface area contributed by atoms with Gasteiger partial charge in [-0.25, -0.2) is 13.1 Å². The zero-order valence-corrected chi connectivity index (χ0v) is 11.4. The Morgan fingerprint density at radius 3 is 2.78 bits per heavy atom. The molecule has 1 fully saturated rings. The van der Waals surface area contributed by atoms with Crippen LogP contribution in [-0.2, 0) is 16.6 Å². The first-order chi connectivity index (χ1) is 8.53. The fourth-order valence-electron chi connectivity index (χ4n) is 2.30. The Kier molecular flexibility index (Phi) is 3.91. The van der Waals surface area contributed by atoms with Crippen molar-refractivity contribution in [3.63, 3.8) is 0 Å². The fourth-order valence-corrected chi connectivity index (χ4v) is 3.67. The van der Waals surface area contributed by atoms with Gasteiger partial charge in [-0.15, -0.1) is 0 Å². The highest BCUT2D eigenvalue weighted by Crippen LogP contribution is 2.22. The van der Waals surface area contributed by atoms with Crippen molar-refractivity contribution >= 4 is 15.8 Å². The van der Waals surface area contributed by atoms with Crippen LogP contribution in [0.15, 0.2) is 11.1 Å². The molecule has 7 heteroatoms. The van der Waals surface area contributed by atoms with Gasteiger partial charge >= 0.3 is 0 Å². The first-order valence-electron chi connectivity index (χ1n) is 6.38. The normalized spacial score (nSPS) is 17.4. The van der Waals surface area contributed by atoms with Crippen LogP contribution in [-0.4, -0.2) is 24.2 Å². The van der Waals surface area contributed by atoms with Crippen LogP contribution in [0.1, 0.15) is 39.0 Å². The molecule has 18 heavy (non-hydrogen) atoms. The van der Waals surface area contributed by atoms with E-state index < -0.39 is 10.0 Å². The Balaban J connectivity index is 2.17. The van der Waals surface area contributed by atoms with Crippen LogP contribution >= 0.6 is 0 Å². The van der Waals surface area contributed by atoms with Crippen LogP contribution in [0, 0.1) is 0 Å². The molecule has 0 bridgehead atoms. The third-order valence-electron chi connectivity index (χ3n) is 3.17. The lowest BCUT2D eigenvalue weighted by molar-refractivity contribution is 0.551. The van der Waals surface area contributed by atoms with Gasteiger partial charge in [0, 0.05) is 18.8 Å². The predicted molar refractivity (Wildman–Crippen MR) is 69.5 cm³/mol. The first kappa shape index (κ1) is 13.4. The van der Waals surface area contributed by atoms with Crippen LogP contribution in [0.2, 0.25) is 0 Å². The van der Waals surface area contributed by atoms with E-state index in [0.29, 0.717) is 6.54 Å². The highest BCUT2D eigenvalue weighted by Gasteiger charge is 2.26. The average molecular weight is 272 g/mol. The van der Waals surface area contributed by atoms with Gasteiger partial charge in [-0.3, -0.25) is 4.68 Å². The van der Waals surface area contributed by atoms with Crippen molar-refractivity contribution in [3.05, 3.63) is 6.20 Å². The molecular formula is C11H20N4O2S. The lowest BCUT2D eigenvalue weighted by atomic mass is 10.3. The van der Waals surface area contributed by atoms with Crippen LogP contribution in [0.3, 0.4) is 0 Å². The molecule has 1 aromatic heterocycles. The second kappa shape index (κ2) is 5.27. The van der Waals surface area contributed by atoms with Gasteiger partial charge in [0.2, 0.25) is 10.0 Å². The summed E-state index contributed by atoms with van der Waals surface area (Å²) in [6.07, 6.45) is 6.37. The largest absolute Gasteiger partial charge is 0.381 e. The van der Waals surface area contributed by atoms with Gasteiger partial charge in [0.05, 0.1) is 0 Å². The summed E-state index contributed by atoms with van der Waals surface area (Å²) in [7, 11) is -3.53. The summed E-state index contributed by atoms with van der Waals surface area (Å²) in [4.78, 5) is 0.0999. The van der Waals surface area contributed by atoms with E-state index in [-0.39, 0.29) is 16.8 Å². The molecule has 0 aromatic carbocycles. The monoisotopic (exact) mass is 272 g/mol. The van der Waals surface area contributed by atoms with E-state index in [2.05, 4.69) is 9.82 Å². The summed E-state index contributed by atoms with van der Waals surface area (Å²) in [5, 5.41) is 4.02. The number of anilines is 1. The maximum atomic E-state index is 12.2. The Morgan fingerprint density at radius 2 is 2.17 bits per heavy atom. The number of rotatable bonds is 5. The van der Waals surface area contributed by atoms with E-state index in [4.69, 9.17) is 5.73 Å². The Labute approximate surface area is 108 Å². The molecule has 0 saturated heterocycles. The van der Waals surface area contributed by atoms with E-state index >= 15 is 0 Å². The SMILES string of the molecule is CCCn1cc(S(=O)(=O)NC2CCCC2)c(N)n1. The number of nitrogens with two attached hydrogens (primary N) is 1. The second-order valence-corrected chi connectivity index (χ2v) is 6.43. The van der Waals surface area contributed by atoms with Gasteiger partial charge in [0.1, 0.15) is 4.90 Å². The van der Waals surface area contributed by atoms with E-state index in [1.165, 1.54) is 6.20 Å². The topological polar surface area (TPSA) is 90.0 Å². The number of nitrogens with one attached hydrogen (secondary N) is 1.